The third-order valence-corrected chi connectivity index (χ3v) is 11.0. The lowest BCUT2D eigenvalue weighted by Crippen LogP contribution is -2.54. The first-order valence-corrected chi connectivity index (χ1v) is 18.3. The number of pyridine rings is 1. The van der Waals surface area contributed by atoms with E-state index in [0.717, 1.165) is 37.1 Å². The van der Waals surface area contributed by atoms with E-state index in [1.54, 1.807) is 21.9 Å². The molecule has 0 aromatic carbocycles. The molecule has 0 radical (unpaired) electrons. The molecule has 0 spiro atoms. The molecule has 1 aromatic rings. The van der Waals surface area contributed by atoms with Crippen molar-refractivity contribution >= 4 is 51.2 Å². The molecule has 242 valence electrons. The Hall–Kier alpha value is -2.80. The van der Waals surface area contributed by atoms with Crippen molar-refractivity contribution in [1.82, 2.24) is 25.4 Å². The van der Waals surface area contributed by atoms with Gasteiger partial charge in [0.1, 0.15) is 23.2 Å². The molecule has 1 saturated carbocycles. The van der Waals surface area contributed by atoms with Crippen LogP contribution in [-0.2, 0) is 24.0 Å². The Balaban J connectivity index is 1.21. The van der Waals surface area contributed by atoms with Crippen LogP contribution >= 0.6 is 21.6 Å². The number of aliphatic carboxylic acids is 1. The van der Waals surface area contributed by atoms with Crippen molar-refractivity contribution in [3.63, 3.8) is 0 Å². The lowest BCUT2D eigenvalue weighted by Gasteiger charge is -2.31. The Morgan fingerprint density at radius 3 is 2.39 bits per heavy atom. The van der Waals surface area contributed by atoms with Gasteiger partial charge in [0, 0.05) is 43.9 Å². The van der Waals surface area contributed by atoms with Crippen LogP contribution in [0.3, 0.4) is 0 Å². The number of nitrogens with zero attached hydrogens (tertiary/aromatic N) is 3. The molecule has 2 saturated heterocycles. The quantitative estimate of drug-likeness (QED) is 0.192. The topological polar surface area (TPSA) is 149 Å². The van der Waals surface area contributed by atoms with E-state index in [1.807, 2.05) is 18.2 Å². The molecule has 3 aliphatic rings. The van der Waals surface area contributed by atoms with Gasteiger partial charge in [-0.15, -0.1) is 0 Å². The standard InChI is InChI=1S/C31H45N5O6S2/c37-27(16-21-43-44-26-15-5-7-17-32-26)35-19-9-14-25(35)30(40)36-20-8-13-24(36)29(39)34-23(31(41)42)12-4-6-18-33-28(38)22-10-2-1-3-11-22/h5,7,15,17,22-25H,1-4,6,8-14,16,18-21H2,(H,33,38)(H,34,39)(H,41,42). The largest absolute Gasteiger partial charge is 0.480 e. The van der Waals surface area contributed by atoms with Gasteiger partial charge in [-0.05, 0) is 80.7 Å². The van der Waals surface area contributed by atoms with Crippen molar-refractivity contribution < 1.29 is 29.1 Å². The Kier molecular flexibility index (Phi) is 13.7. The van der Waals surface area contributed by atoms with Gasteiger partial charge in [-0.1, -0.05) is 36.1 Å². The highest BCUT2D eigenvalue weighted by Crippen LogP contribution is 2.31. The summed E-state index contributed by atoms with van der Waals surface area (Å²) in [5.74, 6) is -1.13. The number of hydrogen-bond donors (Lipinski definition) is 3. The third kappa shape index (κ3) is 9.85. The van der Waals surface area contributed by atoms with Crippen molar-refractivity contribution in [2.75, 3.05) is 25.4 Å². The monoisotopic (exact) mass is 647 g/mol. The highest BCUT2D eigenvalue weighted by molar-refractivity contribution is 8.76. The first-order chi connectivity index (χ1) is 21.3. The lowest BCUT2D eigenvalue weighted by molar-refractivity contribution is -0.147. The summed E-state index contributed by atoms with van der Waals surface area (Å²) in [6.07, 6.45) is 11.0. The molecule has 2 aliphatic heterocycles. The molecule has 3 fully saturated rings. The van der Waals surface area contributed by atoms with Crippen LogP contribution in [0.15, 0.2) is 29.4 Å². The first kappa shape index (κ1) is 34.1. The fourth-order valence-corrected chi connectivity index (χ4v) is 8.16. The van der Waals surface area contributed by atoms with Gasteiger partial charge < -0.3 is 25.5 Å². The maximum atomic E-state index is 13.6. The maximum absolute atomic E-state index is 13.6. The SMILES string of the molecule is O=C(NCCCCC(NC(=O)C1CCCN1C(=O)C1CCCN1C(=O)CCSSc1ccccn1)C(=O)O)C1CCCCC1. The number of carbonyl (C=O) groups excluding carboxylic acids is 4. The molecular formula is C31H45N5O6S2. The molecule has 11 nitrogen and oxygen atoms in total. The molecular weight excluding hydrogens is 603 g/mol. The van der Waals surface area contributed by atoms with Crippen molar-refractivity contribution in [3.8, 4) is 0 Å². The Labute approximate surface area is 267 Å². The number of aromatic nitrogens is 1. The summed E-state index contributed by atoms with van der Waals surface area (Å²) in [5.41, 5.74) is 0. The van der Waals surface area contributed by atoms with Gasteiger partial charge in [0.25, 0.3) is 0 Å². The average molecular weight is 648 g/mol. The Morgan fingerprint density at radius 1 is 0.909 bits per heavy atom. The van der Waals surface area contributed by atoms with Gasteiger partial charge in [0.05, 0.1) is 0 Å². The fraction of sp³-hybridized carbons (Fsp3) is 0.677. The van der Waals surface area contributed by atoms with E-state index in [4.69, 9.17) is 0 Å². The molecule has 13 heteroatoms. The summed E-state index contributed by atoms with van der Waals surface area (Å²) >= 11 is 0. The maximum Gasteiger partial charge on any atom is 0.326 e. The van der Waals surface area contributed by atoms with E-state index in [-0.39, 0.29) is 30.1 Å². The predicted molar refractivity (Wildman–Crippen MR) is 170 cm³/mol. The molecule has 0 bridgehead atoms. The zero-order chi connectivity index (χ0) is 31.3. The highest BCUT2D eigenvalue weighted by atomic mass is 33.1. The van der Waals surface area contributed by atoms with Gasteiger partial charge in [0.15, 0.2) is 0 Å². The van der Waals surface area contributed by atoms with Gasteiger partial charge in [-0.3, -0.25) is 19.2 Å². The summed E-state index contributed by atoms with van der Waals surface area (Å²) in [6.45, 7) is 1.41. The molecule has 4 rings (SSSR count). The van der Waals surface area contributed by atoms with Crippen LogP contribution in [0.5, 0.6) is 0 Å². The molecule has 3 N–H and O–H groups in total. The summed E-state index contributed by atoms with van der Waals surface area (Å²) in [6, 6.07) is 3.27. The van der Waals surface area contributed by atoms with Crippen LogP contribution in [-0.4, -0.2) is 93.0 Å². The predicted octanol–water partition coefficient (Wildman–Crippen LogP) is 3.63. The minimum Gasteiger partial charge on any atom is -0.480 e. The van der Waals surface area contributed by atoms with E-state index in [1.165, 1.54) is 22.1 Å². The number of amides is 4. The molecule has 1 aromatic heterocycles. The number of carbonyl (C=O) groups is 5. The zero-order valence-electron chi connectivity index (χ0n) is 25.3. The van der Waals surface area contributed by atoms with Crippen molar-refractivity contribution in [2.45, 2.75) is 107 Å². The number of carboxylic acids is 1. The van der Waals surface area contributed by atoms with Crippen LogP contribution in [0.25, 0.3) is 0 Å². The van der Waals surface area contributed by atoms with Crippen LogP contribution < -0.4 is 10.6 Å². The molecule has 1 aliphatic carbocycles. The average Bonchev–Trinajstić information content (AvgIpc) is 3.74. The number of carboxylic acid groups (broad SMARTS) is 1. The number of nitrogens with one attached hydrogen (secondary N) is 2. The fourth-order valence-electron chi connectivity index (χ4n) is 6.31. The van der Waals surface area contributed by atoms with Crippen molar-refractivity contribution in [1.29, 1.82) is 0 Å². The highest BCUT2D eigenvalue weighted by Gasteiger charge is 2.42. The lowest BCUT2D eigenvalue weighted by atomic mass is 9.88. The van der Waals surface area contributed by atoms with Crippen LogP contribution in [0.2, 0.25) is 0 Å². The van der Waals surface area contributed by atoms with E-state index in [2.05, 4.69) is 15.6 Å². The molecule has 44 heavy (non-hydrogen) atoms. The van der Waals surface area contributed by atoms with E-state index in [0.29, 0.717) is 63.9 Å². The van der Waals surface area contributed by atoms with Crippen LogP contribution in [0.1, 0.15) is 83.5 Å². The minimum absolute atomic E-state index is 0.0731. The second kappa shape index (κ2) is 17.6. The van der Waals surface area contributed by atoms with Crippen LogP contribution in [0.4, 0.5) is 0 Å². The second-order valence-corrected chi connectivity index (χ2v) is 14.2. The summed E-state index contributed by atoms with van der Waals surface area (Å²) in [7, 11) is 3.06. The minimum atomic E-state index is -1.12. The number of rotatable bonds is 15. The summed E-state index contributed by atoms with van der Waals surface area (Å²) < 4.78 is 0. The number of likely N-dealkylation sites (tertiary alicyclic amines) is 2. The van der Waals surface area contributed by atoms with E-state index in [9.17, 15) is 29.1 Å². The number of unbranched alkanes of at least 4 members (excludes halogenated alkanes) is 1. The molecule has 4 amide bonds. The zero-order valence-corrected chi connectivity index (χ0v) is 26.9. The van der Waals surface area contributed by atoms with Gasteiger partial charge in [0.2, 0.25) is 23.6 Å². The third-order valence-electron chi connectivity index (χ3n) is 8.69. The smallest absolute Gasteiger partial charge is 0.326 e. The van der Waals surface area contributed by atoms with E-state index >= 15 is 0 Å². The second-order valence-electron chi connectivity index (χ2n) is 11.8. The normalized spacial score (nSPS) is 21.2. The van der Waals surface area contributed by atoms with Gasteiger partial charge in [-0.25, -0.2) is 9.78 Å². The Morgan fingerprint density at radius 2 is 1.66 bits per heavy atom. The number of hydrogen-bond acceptors (Lipinski definition) is 8. The van der Waals surface area contributed by atoms with Gasteiger partial charge >= 0.3 is 5.97 Å². The Bertz CT molecular complexity index is 1140. The van der Waals surface area contributed by atoms with E-state index < -0.39 is 30.0 Å². The van der Waals surface area contributed by atoms with Gasteiger partial charge in [-0.2, -0.15) is 0 Å². The summed E-state index contributed by atoms with van der Waals surface area (Å²) in [4.78, 5) is 71.6. The first-order valence-electron chi connectivity index (χ1n) is 16.0. The summed E-state index contributed by atoms with van der Waals surface area (Å²) in [5, 5.41) is 16.3. The molecule has 3 unspecified atom stereocenters. The molecule has 3 heterocycles. The van der Waals surface area contributed by atoms with Crippen LogP contribution in [0, 0.1) is 5.92 Å². The van der Waals surface area contributed by atoms with Crippen molar-refractivity contribution in [2.24, 2.45) is 5.92 Å². The van der Waals surface area contributed by atoms with Crippen molar-refractivity contribution in [3.05, 3.63) is 24.4 Å². The molecule has 3 atom stereocenters.